The molecular formula is C22H20FN3O. The van der Waals surface area contributed by atoms with Gasteiger partial charge < -0.3 is 10.2 Å². The number of para-hydroxylation sites is 1. The van der Waals surface area contributed by atoms with Crippen LogP contribution in [0.4, 0.5) is 15.8 Å². The molecule has 0 saturated heterocycles. The van der Waals surface area contributed by atoms with E-state index in [-0.39, 0.29) is 17.8 Å². The lowest BCUT2D eigenvalue weighted by Crippen LogP contribution is -2.36. The van der Waals surface area contributed by atoms with Crippen LogP contribution in [0.2, 0.25) is 0 Å². The normalized spacial score (nSPS) is 15.5. The van der Waals surface area contributed by atoms with Gasteiger partial charge in [0.15, 0.2) is 0 Å². The van der Waals surface area contributed by atoms with Gasteiger partial charge in [-0.2, -0.15) is 0 Å². The summed E-state index contributed by atoms with van der Waals surface area (Å²) in [6, 6.07) is 18.0. The smallest absolute Gasteiger partial charge is 0.277 e. The summed E-state index contributed by atoms with van der Waals surface area (Å²) in [5.41, 5.74) is 4.31. The van der Waals surface area contributed by atoms with E-state index in [9.17, 15) is 9.18 Å². The van der Waals surface area contributed by atoms with Crippen molar-refractivity contribution in [3.8, 4) is 0 Å². The summed E-state index contributed by atoms with van der Waals surface area (Å²) in [6.45, 7) is 2.59. The molecule has 4 nitrogen and oxygen atoms in total. The molecule has 0 aliphatic carbocycles. The quantitative estimate of drug-likeness (QED) is 0.748. The Morgan fingerprint density at radius 2 is 1.96 bits per heavy atom. The summed E-state index contributed by atoms with van der Waals surface area (Å²) in [7, 11) is 0. The van der Waals surface area contributed by atoms with Crippen LogP contribution in [0.15, 0.2) is 66.9 Å². The van der Waals surface area contributed by atoms with Crippen molar-refractivity contribution >= 4 is 17.3 Å². The van der Waals surface area contributed by atoms with Gasteiger partial charge in [-0.1, -0.05) is 30.3 Å². The Morgan fingerprint density at radius 1 is 1.19 bits per heavy atom. The molecule has 2 heterocycles. The van der Waals surface area contributed by atoms with Crippen molar-refractivity contribution in [3.63, 3.8) is 0 Å². The second kappa shape index (κ2) is 7.19. The molecule has 1 amide bonds. The molecule has 1 aromatic heterocycles. The maximum absolute atomic E-state index is 13.1. The first kappa shape index (κ1) is 17.2. The SMILES string of the molecule is CC1Cc2ccccc2N1C(=O)c1cc(NCc2ccc(F)cc2)ccn1. The van der Waals surface area contributed by atoms with E-state index in [2.05, 4.69) is 23.3 Å². The van der Waals surface area contributed by atoms with Gasteiger partial charge in [-0.25, -0.2) is 4.39 Å². The first-order valence-corrected chi connectivity index (χ1v) is 8.97. The summed E-state index contributed by atoms with van der Waals surface area (Å²) in [5.74, 6) is -0.353. The van der Waals surface area contributed by atoms with Gasteiger partial charge in [0.25, 0.3) is 5.91 Å². The minimum Gasteiger partial charge on any atom is -0.381 e. The van der Waals surface area contributed by atoms with Gasteiger partial charge in [-0.3, -0.25) is 9.78 Å². The number of nitrogens with one attached hydrogen (secondary N) is 1. The minimum absolute atomic E-state index is 0.0992. The van der Waals surface area contributed by atoms with Gasteiger partial charge in [-0.15, -0.1) is 0 Å². The molecule has 0 spiro atoms. The number of fused-ring (bicyclic) bond motifs is 1. The highest BCUT2D eigenvalue weighted by Gasteiger charge is 2.31. The Kier molecular flexibility index (Phi) is 4.59. The fourth-order valence-corrected chi connectivity index (χ4v) is 3.46. The Morgan fingerprint density at radius 3 is 2.78 bits per heavy atom. The summed E-state index contributed by atoms with van der Waals surface area (Å²) >= 11 is 0. The van der Waals surface area contributed by atoms with Crippen LogP contribution < -0.4 is 10.2 Å². The van der Waals surface area contributed by atoms with Crippen LogP contribution in [0.3, 0.4) is 0 Å². The molecule has 1 unspecified atom stereocenters. The van der Waals surface area contributed by atoms with Crippen molar-refractivity contribution < 1.29 is 9.18 Å². The lowest BCUT2D eigenvalue weighted by molar-refractivity contribution is 0.0976. The summed E-state index contributed by atoms with van der Waals surface area (Å²) < 4.78 is 13.0. The van der Waals surface area contributed by atoms with E-state index in [1.807, 2.05) is 29.2 Å². The van der Waals surface area contributed by atoms with Crippen LogP contribution in [-0.4, -0.2) is 16.9 Å². The van der Waals surface area contributed by atoms with E-state index < -0.39 is 0 Å². The van der Waals surface area contributed by atoms with Crippen LogP contribution in [-0.2, 0) is 13.0 Å². The van der Waals surface area contributed by atoms with E-state index in [0.717, 1.165) is 23.4 Å². The summed E-state index contributed by atoms with van der Waals surface area (Å²) in [5, 5.41) is 3.26. The van der Waals surface area contributed by atoms with Crippen molar-refractivity contribution in [2.75, 3.05) is 10.2 Å². The van der Waals surface area contributed by atoms with Crippen molar-refractivity contribution in [3.05, 3.63) is 89.5 Å². The number of benzene rings is 2. The monoisotopic (exact) mass is 361 g/mol. The lowest BCUT2D eigenvalue weighted by atomic mass is 10.1. The number of carbonyl (C=O) groups excluding carboxylic acids is 1. The third kappa shape index (κ3) is 3.53. The number of carbonyl (C=O) groups is 1. The molecule has 1 aliphatic rings. The predicted octanol–water partition coefficient (Wildman–Crippen LogP) is 4.42. The van der Waals surface area contributed by atoms with Crippen molar-refractivity contribution in [2.24, 2.45) is 0 Å². The molecule has 0 bridgehead atoms. The minimum atomic E-state index is -0.254. The molecule has 4 rings (SSSR count). The highest BCUT2D eigenvalue weighted by atomic mass is 19.1. The number of pyridine rings is 1. The Labute approximate surface area is 157 Å². The number of anilines is 2. The molecule has 1 atom stereocenters. The number of aromatic nitrogens is 1. The number of hydrogen-bond donors (Lipinski definition) is 1. The Hall–Kier alpha value is -3.21. The summed E-state index contributed by atoms with van der Waals surface area (Å²) in [4.78, 5) is 19.2. The van der Waals surface area contributed by atoms with Crippen LogP contribution in [0.5, 0.6) is 0 Å². The Bertz CT molecular complexity index is 971. The molecule has 1 N–H and O–H groups in total. The molecule has 2 aromatic carbocycles. The van der Waals surface area contributed by atoms with Crippen LogP contribution in [0.25, 0.3) is 0 Å². The molecule has 0 radical (unpaired) electrons. The molecule has 0 fully saturated rings. The third-order valence-electron chi connectivity index (χ3n) is 4.81. The van der Waals surface area contributed by atoms with Crippen LogP contribution in [0.1, 0.15) is 28.5 Å². The Balaban J connectivity index is 1.52. The molecule has 27 heavy (non-hydrogen) atoms. The van der Waals surface area contributed by atoms with E-state index >= 15 is 0 Å². The van der Waals surface area contributed by atoms with Crippen molar-refractivity contribution in [1.29, 1.82) is 0 Å². The number of rotatable bonds is 4. The third-order valence-corrected chi connectivity index (χ3v) is 4.81. The van der Waals surface area contributed by atoms with E-state index in [1.165, 1.54) is 17.7 Å². The van der Waals surface area contributed by atoms with Gasteiger partial charge in [0.05, 0.1) is 0 Å². The molecular weight excluding hydrogens is 341 g/mol. The van der Waals surface area contributed by atoms with Gasteiger partial charge in [-0.05, 0) is 54.8 Å². The zero-order valence-electron chi connectivity index (χ0n) is 15.0. The van der Waals surface area contributed by atoms with Gasteiger partial charge >= 0.3 is 0 Å². The van der Waals surface area contributed by atoms with Gasteiger partial charge in [0.1, 0.15) is 11.5 Å². The molecule has 5 heteroatoms. The standard InChI is InChI=1S/C22H20FN3O/c1-15-12-17-4-2-3-5-21(17)26(15)22(27)20-13-19(10-11-24-20)25-14-16-6-8-18(23)9-7-16/h2-11,13,15H,12,14H2,1H3,(H,24,25). The maximum Gasteiger partial charge on any atom is 0.277 e. The zero-order chi connectivity index (χ0) is 18.8. The van der Waals surface area contributed by atoms with E-state index in [1.54, 1.807) is 24.4 Å². The first-order chi connectivity index (χ1) is 13.1. The molecule has 136 valence electrons. The predicted molar refractivity (Wildman–Crippen MR) is 104 cm³/mol. The second-order valence-electron chi connectivity index (χ2n) is 6.77. The highest BCUT2D eigenvalue weighted by Crippen LogP contribution is 2.33. The highest BCUT2D eigenvalue weighted by molar-refractivity contribution is 6.06. The largest absolute Gasteiger partial charge is 0.381 e. The first-order valence-electron chi connectivity index (χ1n) is 8.97. The van der Waals surface area contributed by atoms with E-state index in [0.29, 0.717) is 12.2 Å². The molecule has 3 aromatic rings. The fraction of sp³-hybridized carbons (Fsp3) is 0.182. The van der Waals surface area contributed by atoms with Crippen molar-refractivity contribution in [1.82, 2.24) is 4.98 Å². The number of nitrogens with zero attached hydrogens (tertiary/aromatic N) is 2. The van der Waals surface area contributed by atoms with Gasteiger partial charge in [0, 0.05) is 30.2 Å². The van der Waals surface area contributed by atoms with E-state index in [4.69, 9.17) is 0 Å². The average Bonchev–Trinajstić information content (AvgIpc) is 3.03. The zero-order valence-corrected chi connectivity index (χ0v) is 15.0. The van der Waals surface area contributed by atoms with Crippen molar-refractivity contribution in [2.45, 2.75) is 25.9 Å². The number of halogens is 1. The summed E-state index contributed by atoms with van der Waals surface area (Å²) in [6.07, 6.45) is 2.48. The average molecular weight is 361 g/mol. The molecule has 1 aliphatic heterocycles. The maximum atomic E-state index is 13.1. The number of amides is 1. The lowest BCUT2D eigenvalue weighted by Gasteiger charge is -2.22. The van der Waals surface area contributed by atoms with Crippen LogP contribution in [0, 0.1) is 5.82 Å². The molecule has 0 saturated carbocycles. The topological polar surface area (TPSA) is 45.2 Å². The fourth-order valence-electron chi connectivity index (χ4n) is 3.46. The number of hydrogen-bond acceptors (Lipinski definition) is 3. The second-order valence-corrected chi connectivity index (χ2v) is 6.77. The van der Waals surface area contributed by atoms with Gasteiger partial charge in [0.2, 0.25) is 0 Å². The van der Waals surface area contributed by atoms with Crippen LogP contribution >= 0.6 is 0 Å².